The van der Waals surface area contributed by atoms with Crippen LogP contribution in [0.15, 0.2) is 42.5 Å². The van der Waals surface area contributed by atoms with Crippen LogP contribution in [0.5, 0.6) is 0 Å². The summed E-state index contributed by atoms with van der Waals surface area (Å²) < 4.78 is 27.4. The van der Waals surface area contributed by atoms with Gasteiger partial charge in [0.2, 0.25) is 0 Å². The Bertz CT molecular complexity index is 753. The fraction of sp³-hybridized carbons (Fsp3) is 0.350. The number of hydrogen-bond donors (Lipinski definition) is 0. The average Bonchev–Trinajstić information content (AvgIpc) is 2.62. The zero-order chi connectivity index (χ0) is 18.0. The number of halogens is 2. The van der Waals surface area contributed by atoms with Crippen molar-refractivity contribution in [2.75, 3.05) is 31.1 Å². The van der Waals surface area contributed by atoms with Gasteiger partial charge in [-0.2, -0.15) is 0 Å². The van der Waals surface area contributed by atoms with Gasteiger partial charge in [-0.15, -0.1) is 0 Å². The standard InChI is InChI=1S/C20H22F2N2O/c1-14(16-3-6-18(21)7-4-16)23-9-11-24(12-10-23)20-8-5-17(15(2)25)13-19(20)22/h3-8,13-14H,9-12H2,1-2H3/t14-/m1/s1. The van der Waals surface area contributed by atoms with E-state index in [0.717, 1.165) is 18.7 Å². The first-order valence-electron chi connectivity index (χ1n) is 8.50. The van der Waals surface area contributed by atoms with E-state index in [2.05, 4.69) is 11.8 Å². The van der Waals surface area contributed by atoms with Crippen LogP contribution in [0, 0.1) is 11.6 Å². The highest BCUT2D eigenvalue weighted by Crippen LogP contribution is 2.26. The minimum Gasteiger partial charge on any atom is -0.367 e. The van der Waals surface area contributed by atoms with Crippen LogP contribution in [0.2, 0.25) is 0 Å². The van der Waals surface area contributed by atoms with Crippen LogP contribution in [0.4, 0.5) is 14.5 Å². The minimum atomic E-state index is -0.354. The van der Waals surface area contributed by atoms with E-state index >= 15 is 0 Å². The summed E-state index contributed by atoms with van der Waals surface area (Å²) in [5.41, 5.74) is 2.01. The summed E-state index contributed by atoms with van der Waals surface area (Å²) >= 11 is 0. The van der Waals surface area contributed by atoms with Crippen LogP contribution in [0.1, 0.15) is 35.8 Å². The Labute approximate surface area is 146 Å². The van der Waals surface area contributed by atoms with Crippen LogP contribution >= 0.6 is 0 Å². The lowest BCUT2D eigenvalue weighted by molar-refractivity contribution is 0.101. The van der Waals surface area contributed by atoms with Gasteiger partial charge in [0.25, 0.3) is 0 Å². The van der Waals surface area contributed by atoms with Gasteiger partial charge in [-0.25, -0.2) is 8.78 Å². The van der Waals surface area contributed by atoms with Crippen molar-refractivity contribution in [1.29, 1.82) is 0 Å². The van der Waals surface area contributed by atoms with Crippen LogP contribution in [0.25, 0.3) is 0 Å². The number of benzene rings is 2. The van der Waals surface area contributed by atoms with Crippen LogP contribution < -0.4 is 4.90 Å². The van der Waals surface area contributed by atoms with Gasteiger partial charge in [-0.3, -0.25) is 9.69 Å². The molecule has 1 atom stereocenters. The summed E-state index contributed by atoms with van der Waals surface area (Å²) in [5.74, 6) is -0.721. The van der Waals surface area contributed by atoms with E-state index in [1.807, 2.05) is 17.0 Å². The third kappa shape index (κ3) is 3.87. The molecule has 0 amide bonds. The number of hydrogen-bond acceptors (Lipinski definition) is 3. The number of carbonyl (C=O) groups excluding carboxylic acids is 1. The molecule has 3 rings (SSSR count). The van der Waals surface area contributed by atoms with Crippen molar-refractivity contribution < 1.29 is 13.6 Å². The molecule has 1 heterocycles. The highest BCUT2D eigenvalue weighted by atomic mass is 19.1. The molecule has 0 aliphatic carbocycles. The molecule has 25 heavy (non-hydrogen) atoms. The van der Waals surface area contributed by atoms with E-state index in [0.29, 0.717) is 24.3 Å². The summed E-state index contributed by atoms with van der Waals surface area (Å²) in [6.45, 7) is 6.55. The highest BCUT2D eigenvalue weighted by Gasteiger charge is 2.23. The van der Waals surface area contributed by atoms with E-state index in [-0.39, 0.29) is 23.5 Å². The Morgan fingerprint density at radius 2 is 1.64 bits per heavy atom. The van der Waals surface area contributed by atoms with E-state index in [1.165, 1.54) is 25.1 Å². The molecule has 5 heteroatoms. The topological polar surface area (TPSA) is 23.6 Å². The lowest BCUT2D eigenvalue weighted by atomic mass is 10.1. The molecule has 0 bridgehead atoms. The number of nitrogens with zero attached hydrogens (tertiary/aromatic N) is 2. The Hall–Kier alpha value is -2.27. The van der Waals surface area contributed by atoms with Gasteiger partial charge in [-0.05, 0) is 49.7 Å². The summed E-state index contributed by atoms with van der Waals surface area (Å²) in [7, 11) is 0. The summed E-state index contributed by atoms with van der Waals surface area (Å²) in [6.07, 6.45) is 0. The summed E-state index contributed by atoms with van der Waals surface area (Å²) in [6, 6.07) is 11.4. The third-order valence-electron chi connectivity index (χ3n) is 4.91. The van der Waals surface area contributed by atoms with Crippen molar-refractivity contribution in [3.05, 3.63) is 65.2 Å². The molecule has 1 aliphatic rings. The first kappa shape index (κ1) is 17.5. The maximum Gasteiger partial charge on any atom is 0.159 e. The predicted octanol–water partition coefficient (Wildman–Crippen LogP) is 4.05. The molecule has 2 aromatic rings. The molecule has 1 fully saturated rings. The molecule has 0 N–H and O–H groups in total. The first-order valence-corrected chi connectivity index (χ1v) is 8.50. The van der Waals surface area contributed by atoms with E-state index < -0.39 is 0 Å². The second-order valence-corrected chi connectivity index (χ2v) is 6.47. The zero-order valence-corrected chi connectivity index (χ0v) is 14.5. The summed E-state index contributed by atoms with van der Waals surface area (Å²) in [4.78, 5) is 15.7. The molecular formula is C20H22F2N2O. The molecule has 2 aromatic carbocycles. The van der Waals surface area contributed by atoms with Crippen molar-refractivity contribution >= 4 is 11.5 Å². The zero-order valence-electron chi connectivity index (χ0n) is 14.5. The number of rotatable bonds is 4. The SMILES string of the molecule is CC(=O)c1ccc(N2CCN([C@H](C)c3ccc(F)cc3)CC2)c(F)c1. The maximum atomic E-state index is 14.3. The summed E-state index contributed by atoms with van der Waals surface area (Å²) in [5, 5.41) is 0. The fourth-order valence-corrected chi connectivity index (χ4v) is 3.28. The van der Waals surface area contributed by atoms with Gasteiger partial charge in [-0.1, -0.05) is 12.1 Å². The van der Waals surface area contributed by atoms with Gasteiger partial charge < -0.3 is 4.90 Å². The van der Waals surface area contributed by atoms with Gasteiger partial charge in [0.05, 0.1) is 5.69 Å². The van der Waals surface area contributed by atoms with Crippen LogP contribution in [-0.4, -0.2) is 36.9 Å². The lowest BCUT2D eigenvalue weighted by Gasteiger charge is -2.39. The van der Waals surface area contributed by atoms with Gasteiger partial charge in [0.15, 0.2) is 5.78 Å². The van der Waals surface area contributed by atoms with Gasteiger partial charge in [0.1, 0.15) is 11.6 Å². The van der Waals surface area contributed by atoms with Gasteiger partial charge in [0, 0.05) is 37.8 Å². The number of anilines is 1. The number of piperazine rings is 1. The lowest BCUT2D eigenvalue weighted by Crippen LogP contribution is -2.47. The molecule has 3 nitrogen and oxygen atoms in total. The molecule has 0 saturated carbocycles. The third-order valence-corrected chi connectivity index (χ3v) is 4.91. The highest BCUT2D eigenvalue weighted by molar-refractivity contribution is 5.94. The molecule has 0 radical (unpaired) electrons. The van der Waals surface area contributed by atoms with E-state index in [9.17, 15) is 13.6 Å². The normalized spacial score (nSPS) is 16.7. The van der Waals surface area contributed by atoms with Crippen LogP contribution in [0.3, 0.4) is 0 Å². The second-order valence-electron chi connectivity index (χ2n) is 6.47. The Kier molecular flexibility index (Phi) is 5.13. The second kappa shape index (κ2) is 7.31. The van der Waals surface area contributed by atoms with Gasteiger partial charge >= 0.3 is 0 Å². The predicted molar refractivity (Wildman–Crippen MR) is 95.0 cm³/mol. The van der Waals surface area contributed by atoms with Crippen molar-refractivity contribution in [1.82, 2.24) is 4.90 Å². The monoisotopic (exact) mass is 344 g/mol. The van der Waals surface area contributed by atoms with E-state index in [1.54, 1.807) is 12.1 Å². The Balaban J connectivity index is 1.65. The number of Topliss-reactive ketones (excluding diaryl/α,β-unsaturated/α-hetero) is 1. The first-order chi connectivity index (χ1) is 12.0. The van der Waals surface area contributed by atoms with Crippen LogP contribution in [-0.2, 0) is 0 Å². The molecule has 1 aliphatic heterocycles. The smallest absolute Gasteiger partial charge is 0.159 e. The molecule has 1 saturated heterocycles. The minimum absolute atomic E-state index is 0.136. The van der Waals surface area contributed by atoms with Crippen molar-refractivity contribution in [3.8, 4) is 0 Å². The quantitative estimate of drug-likeness (QED) is 0.782. The largest absolute Gasteiger partial charge is 0.367 e. The number of ketones is 1. The number of carbonyl (C=O) groups is 1. The average molecular weight is 344 g/mol. The molecule has 132 valence electrons. The molecule has 0 unspecified atom stereocenters. The van der Waals surface area contributed by atoms with Crippen molar-refractivity contribution in [2.24, 2.45) is 0 Å². The molecule has 0 spiro atoms. The molecule has 0 aromatic heterocycles. The maximum absolute atomic E-state index is 14.3. The molecular weight excluding hydrogens is 322 g/mol. The van der Waals surface area contributed by atoms with E-state index in [4.69, 9.17) is 0 Å². The van der Waals surface area contributed by atoms with Crippen molar-refractivity contribution in [3.63, 3.8) is 0 Å². The fourth-order valence-electron chi connectivity index (χ4n) is 3.28. The Morgan fingerprint density at radius 1 is 1.00 bits per heavy atom. The van der Waals surface area contributed by atoms with Crippen molar-refractivity contribution in [2.45, 2.75) is 19.9 Å². The Morgan fingerprint density at radius 3 is 2.20 bits per heavy atom.